The van der Waals surface area contributed by atoms with Crippen molar-refractivity contribution in [1.29, 1.82) is 0 Å². The van der Waals surface area contributed by atoms with Crippen LogP contribution in [0.2, 0.25) is 0 Å². The number of hydrogen-bond acceptors (Lipinski definition) is 15. The molecule has 0 spiro atoms. The predicted molar refractivity (Wildman–Crippen MR) is 418 cm³/mol. The van der Waals surface area contributed by atoms with E-state index >= 15 is 0 Å². The molecule has 0 aromatic heterocycles. The van der Waals surface area contributed by atoms with Crippen LogP contribution in [0.25, 0.3) is 0 Å². The standard InChI is InChI=1S/C83H162O17P2/c1-6-9-12-15-18-21-24-26-28-29-30-31-32-33-34-40-44-49-54-59-64-69-83(88)100-79(73-94-81(86)67-62-57-52-47-42-39-36-35-37-41-45-50-55-60-65-76(4)5)75-98-102(91,92)96-71-77(84)70-95-101(89,90)97-74-78(72-93-80(85)66-61-56-51-46-23-20-17-14-11-8-3)99-82(87)68-63-58-53-48-43-38-27-25-22-19-16-13-10-7-2/h76-79,84H,6-75H2,1-5H3,(H,89,90)(H,91,92)/t77-,78+,79+/m0/s1. The summed E-state index contributed by atoms with van der Waals surface area (Å²) in [4.78, 5) is 73.1. The Bertz CT molecular complexity index is 1940. The van der Waals surface area contributed by atoms with E-state index in [9.17, 15) is 43.2 Å². The largest absolute Gasteiger partial charge is 0.472 e. The number of carbonyl (C=O) groups is 4. The zero-order valence-corrected chi connectivity index (χ0v) is 68.5. The summed E-state index contributed by atoms with van der Waals surface area (Å²) in [6.45, 7) is 7.36. The number of hydrogen-bond donors (Lipinski definition) is 3. The third-order valence-corrected chi connectivity index (χ3v) is 21.4. The molecule has 0 aliphatic heterocycles. The first-order chi connectivity index (χ1) is 49.5. The first kappa shape index (κ1) is 100. The summed E-state index contributed by atoms with van der Waals surface area (Å²) in [5, 5.41) is 10.7. The van der Waals surface area contributed by atoms with Gasteiger partial charge in [0.05, 0.1) is 26.4 Å². The molecule has 0 rings (SSSR count). The van der Waals surface area contributed by atoms with Crippen LogP contribution in [0.15, 0.2) is 0 Å². The Hall–Kier alpha value is -1.94. The predicted octanol–water partition coefficient (Wildman–Crippen LogP) is 25.2. The Morgan fingerprint density at radius 1 is 0.265 bits per heavy atom. The Balaban J connectivity index is 5.22. The molecule has 0 aromatic carbocycles. The highest BCUT2D eigenvalue weighted by Crippen LogP contribution is 2.45. The molecule has 0 fully saturated rings. The van der Waals surface area contributed by atoms with Crippen molar-refractivity contribution in [3.05, 3.63) is 0 Å². The summed E-state index contributed by atoms with van der Waals surface area (Å²) in [5.41, 5.74) is 0. The highest BCUT2D eigenvalue weighted by atomic mass is 31.2. The monoisotopic (exact) mass is 1490 g/mol. The molecule has 0 aliphatic carbocycles. The molecule has 0 radical (unpaired) electrons. The van der Waals surface area contributed by atoms with E-state index in [0.29, 0.717) is 25.7 Å². The van der Waals surface area contributed by atoms with E-state index in [2.05, 4.69) is 34.6 Å². The molecule has 0 heterocycles. The Morgan fingerprint density at radius 3 is 0.667 bits per heavy atom. The molecule has 3 N–H and O–H groups in total. The van der Waals surface area contributed by atoms with Gasteiger partial charge in [0.15, 0.2) is 12.2 Å². The van der Waals surface area contributed by atoms with E-state index in [1.807, 2.05) is 0 Å². The molecule has 102 heavy (non-hydrogen) atoms. The third kappa shape index (κ3) is 76.3. The fraction of sp³-hybridized carbons (Fsp3) is 0.952. The number of unbranched alkanes of at least 4 members (excludes halogenated alkanes) is 55. The second-order valence-electron chi connectivity index (χ2n) is 30.3. The van der Waals surface area contributed by atoms with Gasteiger partial charge >= 0.3 is 39.5 Å². The number of carbonyl (C=O) groups excluding carboxylic acids is 4. The van der Waals surface area contributed by atoms with Crippen LogP contribution >= 0.6 is 15.6 Å². The minimum absolute atomic E-state index is 0.108. The van der Waals surface area contributed by atoms with Gasteiger partial charge in [0.1, 0.15) is 19.3 Å². The van der Waals surface area contributed by atoms with Crippen LogP contribution in [0, 0.1) is 5.92 Å². The van der Waals surface area contributed by atoms with Crippen LogP contribution in [-0.4, -0.2) is 96.7 Å². The molecular formula is C83H162O17P2. The lowest BCUT2D eigenvalue weighted by Gasteiger charge is -2.21. The van der Waals surface area contributed by atoms with E-state index in [1.54, 1.807) is 0 Å². The van der Waals surface area contributed by atoms with E-state index in [4.69, 9.17) is 37.0 Å². The van der Waals surface area contributed by atoms with Gasteiger partial charge in [0.25, 0.3) is 0 Å². The molecule has 19 heteroatoms. The topological polar surface area (TPSA) is 237 Å². The minimum Gasteiger partial charge on any atom is -0.462 e. The average molecular weight is 1490 g/mol. The van der Waals surface area contributed by atoms with Crippen molar-refractivity contribution < 1.29 is 80.2 Å². The number of aliphatic hydroxyl groups is 1. The Morgan fingerprint density at radius 2 is 0.451 bits per heavy atom. The molecule has 0 saturated heterocycles. The van der Waals surface area contributed by atoms with Crippen LogP contribution in [0.1, 0.15) is 446 Å². The second kappa shape index (κ2) is 75.9. The van der Waals surface area contributed by atoms with Crippen LogP contribution < -0.4 is 0 Å². The number of phosphoric acid groups is 2. The van der Waals surface area contributed by atoms with Crippen LogP contribution in [0.4, 0.5) is 0 Å². The molecule has 5 atom stereocenters. The van der Waals surface area contributed by atoms with Crippen molar-refractivity contribution in [2.24, 2.45) is 5.92 Å². The van der Waals surface area contributed by atoms with Crippen LogP contribution in [0.3, 0.4) is 0 Å². The lowest BCUT2D eigenvalue weighted by molar-refractivity contribution is -0.161. The highest BCUT2D eigenvalue weighted by Gasteiger charge is 2.30. The summed E-state index contributed by atoms with van der Waals surface area (Å²) in [5.74, 6) is -1.30. The molecule has 0 bridgehead atoms. The SMILES string of the molecule is CCCCCCCCCCCCCCCCCCCCCCCC(=O)O[C@H](COC(=O)CCCCCCCCCCCCCCCCC(C)C)COP(=O)(O)OC[C@@H](O)COP(=O)(O)OC[C@@H](COC(=O)CCCCCCCCCCCC)OC(=O)CCCCCCCCCCCCCCCC. The zero-order valence-electron chi connectivity index (χ0n) is 66.8. The first-order valence-electron chi connectivity index (χ1n) is 43.1. The lowest BCUT2D eigenvalue weighted by atomic mass is 10.0. The number of rotatable bonds is 83. The summed E-state index contributed by atoms with van der Waals surface area (Å²) in [7, 11) is -9.92. The van der Waals surface area contributed by atoms with Crippen molar-refractivity contribution in [2.45, 2.75) is 464 Å². The van der Waals surface area contributed by atoms with Crippen molar-refractivity contribution in [2.75, 3.05) is 39.6 Å². The van der Waals surface area contributed by atoms with E-state index in [-0.39, 0.29) is 25.7 Å². The zero-order chi connectivity index (χ0) is 74.8. The van der Waals surface area contributed by atoms with Crippen molar-refractivity contribution in [3.8, 4) is 0 Å². The number of esters is 4. The lowest BCUT2D eigenvalue weighted by Crippen LogP contribution is -2.30. The number of phosphoric ester groups is 2. The van der Waals surface area contributed by atoms with Gasteiger partial charge in [0, 0.05) is 25.7 Å². The molecule has 0 aromatic rings. The maximum atomic E-state index is 13.1. The van der Waals surface area contributed by atoms with Gasteiger partial charge in [-0.25, -0.2) is 9.13 Å². The maximum Gasteiger partial charge on any atom is 0.472 e. The van der Waals surface area contributed by atoms with Gasteiger partial charge in [0.2, 0.25) is 0 Å². The quantitative estimate of drug-likeness (QED) is 0.0222. The molecule has 606 valence electrons. The Kier molecular flexibility index (Phi) is 74.4. The van der Waals surface area contributed by atoms with E-state index in [0.717, 1.165) is 95.8 Å². The smallest absolute Gasteiger partial charge is 0.462 e. The van der Waals surface area contributed by atoms with Crippen LogP contribution in [-0.2, 0) is 65.4 Å². The molecule has 2 unspecified atom stereocenters. The van der Waals surface area contributed by atoms with Gasteiger partial charge in [-0.1, -0.05) is 394 Å². The summed E-state index contributed by atoms with van der Waals surface area (Å²) < 4.78 is 68.8. The fourth-order valence-corrected chi connectivity index (χ4v) is 14.5. The van der Waals surface area contributed by atoms with Crippen molar-refractivity contribution in [1.82, 2.24) is 0 Å². The minimum atomic E-state index is -4.96. The third-order valence-electron chi connectivity index (χ3n) is 19.5. The molecule has 0 amide bonds. The van der Waals surface area contributed by atoms with Crippen molar-refractivity contribution >= 4 is 39.5 Å². The highest BCUT2D eigenvalue weighted by molar-refractivity contribution is 7.47. The summed E-state index contributed by atoms with van der Waals surface area (Å²) in [6.07, 6.45) is 68.0. The molecular weight excluding hydrogens is 1330 g/mol. The summed E-state index contributed by atoms with van der Waals surface area (Å²) in [6, 6.07) is 0. The van der Waals surface area contributed by atoms with Gasteiger partial charge < -0.3 is 33.8 Å². The molecule has 0 saturated carbocycles. The fourth-order valence-electron chi connectivity index (χ4n) is 12.9. The number of aliphatic hydroxyl groups excluding tert-OH is 1. The normalized spacial score (nSPS) is 13.8. The van der Waals surface area contributed by atoms with Gasteiger partial charge in [-0.2, -0.15) is 0 Å². The first-order valence-corrected chi connectivity index (χ1v) is 46.1. The number of ether oxygens (including phenoxy) is 4. The maximum absolute atomic E-state index is 13.1. The van der Waals surface area contributed by atoms with Gasteiger partial charge in [-0.3, -0.25) is 37.3 Å². The van der Waals surface area contributed by atoms with Gasteiger partial charge in [-0.15, -0.1) is 0 Å². The second-order valence-corrected chi connectivity index (χ2v) is 33.3. The summed E-state index contributed by atoms with van der Waals surface area (Å²) >= 11 is 0. The van der Waals surface area contributed by atoms with E-state index in [1.165, 1.54) is 270 Å². The van der Waals surface area contributed by atoms with Gasteiger partial charge in [-0.05, 0) is 31.6 Å². The van der Waals surface area contributed by atoms with Crippen LogP contribution in [0.5, 0.6) is 0 Å². The van der Waals surface area contributed by atoms with E-state index < -0.39 is 97.5 Å². The molecule has 17 nitrogen and oxygen atoms in total. The van der Waals surface area contributed by atoms with Crippen molar-refractivity contribution in [3.63, 3.8) is 0 Å². The molecule has 0 aliphatic rings. The average Bonchev–Trinajstić information content (AvgIpc) is 0.919. The Labute approximate surface area is 626 Å².